The van der Waals surface area contributed by atoms with Crippen LogP contribution in [0.1, 0.15) is 58.8 Å². The average molecular weight is 281 g/mol. The predicted octanol–water partition coefficient (Wildman–Crippen LogP) is 2.76. The van der Waals surface area contributed by atoms with Gasteiger partial charge in [0.2, 0.25) is 5.91 Å². The summed E-state index contributed by atoms with van der Waals surface area (Å²) in [5.41, 5.74) is -0.142. The molecule has 0 spiro atoms. The topological polar surface area (TPSA) is 46.6 Å². The van der Waals surface area contributed by atoms with Crippen LogP contribution in [-0.4, -0.2) is 36.5 Å². The number of likely N-dealkylation sites (tertiary alicyclic amines) is 1. The maximum Gasteiger partial charge on any atom is 0.310 e. The van der Waals surface area contributed by atoms with Crippen LogP contribution in [0.25, 0.3) is 0 Å². The molecule has 2 aliphatic rings. The number of piperidine rings is 1. The van der Waals surface area contributed by atoms with Crippen molar-refractivity contribution in [3.8, 4) is 0 Å². The minimum Gasteiger partial charge on any atom is -0.466 e. The van der Waals surface area contributed by atoms with Crippen LogP contribution in [0.2, 0.25) is 0 Å². The van der Waals surface area contributed by atoms with E-state index in [0.717, 1.165) is 51.5 Å². The lowest BCUT2D eigenvalue weighted by molar-refractivity contribution is -0.153. The third-order valence-corrected chi connectivity index (χ3v) is 5.02. The summed E-state index contributed by atoms with van der Waals surface area (Å²) >= 11 is 0. The molecule has 0 N–H and O–H groups in total. The second kappa shape index (κ2) is 6.59. The molecular formula is C16H27NO3. The summed E-state index contributed by atoms with van der Waals surface area (Å²) in [7, 11) is 0. The number of hydrogen-bond acceptors (Lipinski definition) is 3. The van der Waals surface area contributed by atoms with Gasteiger partial charge in [0.15, 0.2) is 0 Å². The van der Waals surface area contributed by atoms with Crippen molar-refractivity contribution in [2.75, 3.05) is 19.7 Å². The first-order chi connectivity index (χ1) is 9.63. The van der Waals surface area contributed by atoms with Crippen LogP contribution in [-0.2, 0) is 14.3 Å². The van der Waals surface area contributed by atoms with Gasteiger partial charge in [-0.3, -0.25) is 9.59 Å². The van der Waals surface area contributed by atoms with Crippen LogP contribution < -0.4 is 0 Å². The highest BCUT2D eigenvalue weighted by Crippen LogP contribution is 2.43. The van der Waals surface area contributed by atoms with E-state index < -0.39 is 0 Å². The summed E-state index contributed by atoms with van der Waals surface area (Å²) in [6.07, 6.45) is 7.04. The molecule has 1 saturated heterocycles. The molecule has 0 radical (unpaired) electrons. The third-order valence-electron chi connectivity index (χ3n) is 5.02. The van der Waals surface area contributed by atoms with Gasteiger partial charge >= 0.3 is 5.97 Å². The molecule has 2 fully saturated rings. The monoisotopic (exact) mass is 281 g/mol. The third kappa shape index (κ3) is 2.99. The van der Waals surface area contributed by atoms with Crippen molar-refractivity contribution >= 4 is 11.9 Å². The van der Waals surface area contributed by atoms with E-state index in [0.29, 0.717) is 13.2 Å². The molecule has 4 nitrogen and oxygen atoms in total. The molecule has 4 heteroatoms. The highest BCUT2D eigenvalue weighted by molar-refractivity contribution is 5.84. The molecule has 1 aliphatic heterocycles. The van der Waals surface area contributed by atoms with E-state index in [2.05, 4.69) is 6.92 Å². The van der Waals surface area contributed by atoms with E-state index in [1.165, 1.54) is 0 Å². The first kappa shape index (κ1) is 15.3. The van der Waals surface area contributed by atoms with Gasteiger partial charge in [0.05, 0.1) is 12.5 Å². The molecule has 1 amide bonds. The zero-order valence-electron chi connectivity index (χ0n) is 12.8. The molecule has 0 aromatic heterocycles. The fourth-order valence-corrected chi connectivity index (χ4v) is 3.72. The van der Waals surface area contributed by atoms with Crippen molar-refractivity contribution in [3.63, 3.8) is 0 Å². The lowest BCUT2D eigenvalue weighted by atomic mass is 9.81. The van der Waals surface area contributed by atoms with Crippen molar-refractivity contribution < 1.29 is 14.3 Å². The molecule has 1 aliphatic carbocycles. The number of esters is 1. The largest absolute Gasteiger partial charge is 0.466 e. The van der Waals surface area contributed by atoms with Gasteiger partial charge in [0, 0.05) is 18.5 Å². The van der Waals surface area contributed by atoms with E-state index in [4.69, 9.17) is 4.74 Å². The minimum atomic E-state index is -0.142. The number of carbonyl (C=O) groups is 2. The first-order valence-electron chi connectivity index (χ1n) is 8.09. The maximum atomic E-state index is 12.9. The second-order valence-corrected chi connectivity index (χ2v) is 6.18. The zero-order chi connectivity index (χ0) is 14.6. The molecule has 1 heterocycles. The van der Waals surface area contributed by atoms with Crippen molar-refractivity contribution in [1.82, 2.24) is 4.90 Å². The summed E-state index contributed by atoms with van der Waals surface area (Å²) in [6.45, 7) is 5.72. The quantitative estimate of drug-likeness (QED) is 0.744. The van der Waals surface area contributed by atoms with Gasteiger partial charge in [-0.25, -0.2) is 0 Å². The van der Waals surface area contributed by atoms with E-state index in [-0.39, 0.29) is 23.2 Å². The number of nitrogens with zero attached hydrogens (tertiary/aromatic N) is 1. The van der Waals surface area contributed by atoms with Gasteiger partial charge in [-0.15, -0.1) is 0 Å². The Morgan fingerprint density at radius 2 is 1.90 bits per heavy atom. The van der Waals surface area contributed by atoms with E-state index in [1.54, 1.807) is 0 Å². The first-order valence-corrected chi connectivity index (χ1v) is 8.09. The Morgan fingerprint density at radius 3 is 2.50 bits per heavy atom. The van der Waals surface area contributed by atoms with Crippen LogP contribution in [0.4, 0.5) is 0 Å². The lowest BCUT2D eigenvalue weighted by Crippen LogP contribution is -2.48. The maximum absolute atomic E-state index is 12.9. The molecule has 1 saturated carbocycles. The molecule has 1 atom stereocenters. The number of amides is 1. The number of hydrogen-bond donors (Lipinski definition) is 0. The lowest BCUT2D eigenvalue weighted by Gasteiger charge is -2.38. The van der Waals surface area contributed by atoms with Crippen molar-refractivity contribution in [2.24, 2.45) is 11.3 Å². The van der Waals surface area contributed by atoms with E-state index in [1.807, 2.05) is 11.8 Å². The smallest absolute Gasteiger partial charge is 0.310 e. The predicted molar refractivity (Wildman–Crippen MR) is 77.1 cm³/mol. The van der Waals surface area contributed by atoms with Crippen LogP contribution in [0.5, 0.6) is 0 Å². The Balaban J connectivity index is 2.01. The molecule has 0 unspecified atom stereocenters. The Bertz CT molecular complexity index is 361. The molecular weight excluding hydrogens is 254 g/mol. The summed E-state index contributed by atoms with van der Waals surface area (Å²) < 4.78 is 5.11. The molecule has 20 heavy (non-hydrogen) atoms. The number of ether oxygens (including phenoxy) is 1. The van der Waals surface area contributed by atoms with Crippen molar-refractivity contribution in [2.45, 2.75) is 58.8 Å². The average Bonchev–Trinajstić information content (AvgIpc) is 2.97. The number of rotatable bonds is 4. The van der Waals surface area contributed by atoms with Crippen LogP contribution in [0, 0.1) is 11.3 Å². The molecule has 114 valence electrons. The van der Waals surface area contributed by atoms with Crippen LogP contribution in [0.3, 0.4) is 0 Å². The summed E-state index contributed by atoms with van der Waals surface area (Å²) in [5.74, 6) is 0.0245. The van der Waals surface area contributed by atoms with Gasteiger partial charge in [0.1, 0.15) is 0 Å². The summed E-state index contributed by atoms with van der Waals surface area (Å²) in [4.78, 5) is 26.7. The van der Waals surface area contributed by atoms with Gasteiger partial charge in [0.25, 0.3) is 0 Å². The van der Waals surface area contributed by atoms with Crippen LogP contribution in [0.15, 0.2) is 0 Å². The fraction of sp³-hybridized carbons (Fsp3) is 0.875. The Hall–Kier alpha value is -1.06. The van der Waals surface area contributed by atoms with Crippen LogP contribution >= 0.6 is 0 Å². The van der Waals surface area contributed by atoms with Crippen molar-refractivity contribution in [1.29, 1.82) is 0 Å². The fourth-order valence-electron chi connectivity index (χ4n) is 3.72. The Kier molecular flexibility index (Phi) is 5.06. The summed E-state index contributed by atoms with van der Waals surface area (Å²) in [5, 5.41) is 0. The normalized spacial score (nSPS) is 25.5. The molecule has 2 rings (SSSR count). The molecule has 0 bridgehead atoms. The van der Waals surface area contributed by atoms with Gasteiger partial charge in [-0.05, 0) is 39.0 Å². The second-order valence-electron chi connectivity index (χ2n) is 6.18. The minimum absolute atomic E-state index is 0.122. The SMILES string of the molecule is CCOC(=O)[C@H]1CCCN(C(=O)C2(CC)CCCC2)C1. The highest BCUT2D eigenvalue weighted by Gasteiger charge is 2.43. The van der Waals surface area contributed by atoms with Gasteiger partial charge in [-0.1, -0.05) is 19.8 Å². The number of carbonyl (C=O) groups excluding carboxylic acids is 2. The molecule has 0 aromatic rings. The van der Waals surface area contributed by atoms with Gasteiger partial charge in [-0.2, -0.15) is 0 Å². The Morgan fingerprint density at radius 1 is 1.20 bits per heavy atom. The summed E-state index contributed by atoms with van der Waals surface area (Å²) in [6, 6.07) is 0. The van der Waals surface area contributed by atoms with Gasteiger partial charge < -0.3 is 9.64 Å². The molecule has 0 aromatic carbocycles. The zero-order valence-corrected chi connectivity index (χ0v) is 12.8. The van der Waals surface area contributed by atoms with E-state index in [9.17, 15) is 9.59 Å². The highest BCUT2D eigenvalue weighted by atomic mass is 16.5. The Labute approximate surface area is 121 Å². The van der Waals surface area contributed by atoms with E-state index >= 15 is 0 Å². The van der Waals surface area contributed by atoms with Crippen molar-refractivity contribution in [3.05, 3.63) is 0 Å². The standard InChI is InChI=1S/C16H27NO3/c1-3-16(9-5-6-10-16)15(19)17-11-7-8-13(12-17)14(18)20-4-2/h13H,3-12H2,1-2H3/t13-/m0/s1.